The fourth-order valence-electron chi connectivity index (χ4n) is 3.10. The van der Waals surface area contributed by atoms with E-state index in [1.807, 2.05) is 24.3 Å². The molecule has 4 nitrogen and oxygen atoms in total. The van der Waals surface area contributed by atoms with Crippen LogP contribution >= 0.6 is 0 Å². The topological polar surface area (TPSA) is 50.0 Å². The van der Waals surface area contributed by atoms with Gasteiger partial charge in [-0.25, -0.2) is 0 Å². The molecule has 0 amide bonds. The van der Waals surface area contributed by atoms with Crippen molar-refractivity contribution in [1.82, 2.24) is 9.97 Å². The molecule has 0 unspecified atom stereocenters. The third-order valence-electron chi connectivity index (χ3n) is 4.25. The first kappa shape index (κ1) is 13.8. The Morgan fingerprint density at radius 3 is 2.74 bits per heavy atom. The van der Waals surface area contributed by atoms with Gasteiger partial charge in [-0.2, -0.15) is 0 Å². The quantitative estimate of drug-likeness (QED) is 0.592. The van der Waals surface area contributed by atoms with E-state index in [-0.39, 0.29) is 0 Å². The minimum Gasteiger partial charge on any atom is -0.497 e. The molecule has 116 valence electrons. The highest BCUT2D eigenvalue weighted by Gasteiger charge is 2.10. The summed E-state index contributed by atoms with van der Waals surface area (Å²) >= 11 is 0. The van der Waals surface area contributed by atoms with Crippen LogP contribution in [0.25, 0.3) is 21.8 Å². The van der Waals surface area contributed by atoms with Gasteiger partial charge in [0.05, 0.1) is 19.7 Å². The number of aromatic amines is 2. The Kier molecular flexibility index (Phi) is 3.23. The van der Waals surface area contributed by atoms with Crippen LogP contribution in [-0.4, -0.2) is 24.2 Å². The van der Waals surface area contributed by atoms with Crippen LogP contribution in [-0.2, 0) is 6.42 Å². The monoisotopic (exact) mass is 306 g/mol. The van der Waals surface area contributed by atoms with Gasteiger partial charge in [0.2, 0.25) is 0 Å². The fourth-order valence-corrected chi connectivity index (χ4v) is 3.10. The third kappa shape index (κ3) is 2.32. The van der Waals surface area contributed by atoms with Crippen LogP contribution < -0.4 is 9.47 Å². The Labute approximate surface area is 134 Å². The van der Waals surface area contributed by atoms with Crippen LogP contribution in [0.2, 0.25) is 0 Å². The number of benzene rings is 2. The molecule has 2 aromatic carbocycles. The van der Waals surface area contributed by atoms with E-state index >= 15 is 0 Å². The Morgan fingerprint density at radius 2 is 1.91 bits per heavy atom. The summed E-state index contributed by atoms with van der Waals surface area (Å²) < 4.78 is 10.7. The maximum absolute atomic E-state index is 5.41. The van der Waals surface area contributed by atoms with Gasteiger partial charge in [0, 0.05) is 34.6 Å². The van der Waals surface area contributed by atoms with Crippen molar-refractivity contribution in [3.05, 3.63) is 59.9 Å². The lowest BCUT2D eigenvalue weighted by molar-refractivity contribution is 0.415. The molecule has 0 saturated carbocycles. The minimum atomic E-state index is 0.837. The molecule has 0 bridgehead atoms. The summed E-state index contributed by atoms with van der Waals surface area (Å²) in [5.41, 5.74) is 4.59. The largest absolute Gasteiger partial charge is 0.497 e. The first-order valence-corrected chi connectivity index (χ1v) is 7.57. The van der Waals surface area contributed by atoms with Gasteiger partial charge in [-0.1, -0.05) is 12.1 Å². The lowest BCUT2D eigenvalue weighted by Crippen LogP contribution is -1.87. The molecular weight excluding hydrogens is 288 g/mol. The summed E-state index contributed by atoms with van der Waals surface area (Å²) in [6.45, 7) is 0. The molecule has 0 radical (unpaired) electrons. The zero-order valence-corrected chi connectivity index (χ0v) is 13.1. The maximum Gasteiger partial charge on any atom is 0.142 e. The number of hydrogen-bond donors (Lipinski definition) is 2. The van der Waals surface area contributed by atoms with Crippen molar-refractivity contribution in [1.29, 1.82) is 0 Å². The molecule has 4 aromatic rings. The smallest absolute Gasteiger partial charge is 0.142 e. The van der Waals surface area contributed by atoms with Gasteiger partial charge >= 0.3 is 0 Å². The molecule has 2 heterocycles. The molecule has 0 aliphatic carbocycles. The molecule has 4 heteroatoms. The first-order chi connectivity index (χ1) is 11.3. The average Bonchev–Trinajstić information content (AvgIpc) is 3.17. The molecule has 0 saturated heterocycles. The van der Waals surface area contributed by atoms with Gasteiger partial charge in [0.25, 0.3) is 0 Å². The molecular formula is C19H18N2O2. The van der Waals surface area contributed by atoms with Crippen LogP contribution in [0.4, 0.5) is 0 Å². The molecule has 2 aromatic heterocycles. The Morgan fingerprint density at radius 1 is 1.00 bits per heavy atom. The summed E-state index contributed by atoms with van der Waals surface area (Å²) in [4.78, 5) is 6.80. The lowest BCUT2D eigenvalue weighted by atomic mass is 10.1. The molecule has 0 fully saturated rings. The van der Waals surface area contributed by atoms with E-state index in [9.17, 15) is 0 Å². The zero-order chi connectivity index (χ0) is 15.8. The summed E-state index contributed by atoms with van der Waals surface area (Å²) in [7, 11) is 3.38. The molecule has 0 aliphatic rings. The molecule has 0 atom stereocenters. The van der Waals surface area contributed by atoms with Crippen molar-refractivity contribution >= 4 is 21.8 Å². The predicted molar refractivity (Wildman–Crippen MR) is 92.5 cm³/mol. The number of nitrogens with one attached hydrogen (secondary N) is 2. The molecule has 2 N–H and O–H groups in total. The van der Waals surface area contributed by atoms with Crippen LogP contribution in [0, 0.1) is 0 Å². The fraction of sp³-hybridized carbons (Fsp3) is 0.158. The van der Waals surface area contributed by atoms with Crippen molar-refractivity contribution in [3.8, 4) is 11.5 Å². The van der Waals surface area contributed by atoms with Gasteiger partial charge in [-0.05, 0) is 35.9 Å². The Hall–Kier alpha value is -2.88. The van der Waals surface area contributed by atoms with E-state index in [0.717, 1.165) is 34.3 Å². The lowest BCUT2D eigenvalue weighted by Gasteiger charge is -2.01. The highest BCUT2D eigenvalue weighted by molar-refractivity contribution is 5.89. The number of rotatable bonds is 4. The number of hydrogen-bond acceptors (Lipinski definition) is 2. The van der Waals surface area contributed by atoms with Crippen LogP contribution in [0.1, 0.15) is 11.3 Å². The zero-order valence-electron chi connectivity index (χ0n) is 13.1. The van der Waals surface area contributed by atoms with Crippen molar-refractivity contribution in [2.75, 3.05) is 14.2 Å². The van der Waals surface area contributed by atoms with Crippen molar-refractivity contribution in [2.45, 2.75) is 6.42 Å². The highest BCUT2D eigenvalue weighted by Crippen LogP contribution is 2.29. The van der Waals surface area contributed by atoms with Crippen LogP contribution in [0.5, 0.6) is 11.5 Å². The normalized spacial score (nSPS) is 11.2. The summed E-state index contributed by atoms with van der Waals surface area (Å²) in [6, 6.07) is 14.4. The van der Waals surface area contributed by atoms with E-state index in [2.05, 4.69) is 34.4 Å². The molecule has 0 spiro atoms. The van der Waals surface area contributed by atoms with Crippen LogP contribution in [0.15, 0.2) is 48.7 Å². The van der Waals surface area contributed by atoms with Crippen LogP contribution in [0.3, 0.4) is 0 Å². The predicted octanol–water partition coefficient (Wildman–Crippen LogP) is 4.26. The van der Waals surface area contributed by atoms with E-state index in [1.54, 1.807) is 14.2 Å². The third-order valence-corrected chi connectivity index (χ3v) is 4.25. The summed E-state index contributed by atoms with van der Waals surface area (Å²) in [6.07, 6.45) is 2.89. The van der Waals surface area contributed by atoms with E-state index in [4.69, 9.17) is 9.47 Å². The van der Waals surface area contributed by atoms with Crippen molar-refractivity contribution in [2.24, 2.45) is 0 Å². The minimum absolute atomic E-state index is 0.837. The van der Waals surface area contributed by atoms with E-state index in [0.29, 0.717) is 0 Å². The van der Waals surface area contributed by atoms with E-state index in [1.165, 1.54) is 16.6 Å². The maximum atomic E-state index is 5.41. The highest BCUT2D eigenvalue weighted by atomic mass is 16.5. The van der Waals surface area contributed by atoms with Gasteiger partial charge in [0.1, 0.15) is 11.5 Å². The number of H-pyrrole nitrogens is 2. The second-order valence-corrected chi connectivity index (χ2v) is 5.62. The second-order valence-electron chi connectivity index (χ2n) is 5.62. The summed E-state index contributed by atoms with van der Waals surface area (Å²) in [5.74, 6) is 1.75. The first-order valence-electron chi connectivity index (χ1n) is 7.57. The molecule has 0 aliphatic heterocycles. The Balaban J connectivity index is 1.73. The van der Waals surface area contributed by atoms with Crippen molar-refractivity contribution < 1.29 is 9.47 Å². The SMILES string of the molecule is COc1ccc2[nH]c(Cc3c[nH]c4c(OC)cccc34)cc2c1. The van der Waals surface area contributed by atoms with E-state index < -0.39 is 0 Å². The number of ether oxygens (including phenoxy) is 2. The van der Waals surface area contributed by atoms with Gasteiger partial charge in [0.15, 0.2) is 0 Å². The van der Waals surface area contributed by atoms with Gasteiger partial charge in [-0.15, -0.1) is 0 Å². The van der Waals surface area contributed by atoms with Gasteiger partial charge in [-0.3, -0.25) is 0 Å². The van der Waals surface area contributed by atoms with Crippen molar-refractivity contribution in [3.63, 3.8) is 0 Å². The second kappa shape index (κ2) is 5.39. The molecule has 4 rings (SSSR count). The number of aromatic nitrogens is 2. The number of methoxy groups -OCH3 is 2. The molecule has 23 heavy (non-hydrogen) atoms. The Bertz CT molecular complexity index is 982. The number of para-hydroxylation sites is 1. The summed E-state index contributed by atoms with van der Waals surface area (Å²) in [5, 5.41) is 2.36. The standard InChI is InChI=1S/C19H18N2O2/c1-22-15-6-7-17-12(10-15)8-14(21-17)9-13-11-20-19-16(13)4-3-5-18(19)23-2/h3-8,10-11,20-21H,9H2,1-2H3. The van der Waals surface area contributed by atoms with Gasteiger partial charge < -0.3 is 19.4 Å². The average molecular weight is 306 g/mol. The number of fused-ring (bicyclic) bond motifs is 2.